The Morgan fingerprint density at radius 1 is 1.17 bits per heavy atom. The average Bonchev–Trinajstić information content (AvgIpc) is 2.33. The quantitative estimate of drug-likeness (QED) is 0.394. The molecule has 0 aromatic heterocycles. The van der Waals surface area contributed by atoms with Gasteiger partial charge in [-0.1, -0.05) is 6.42 Å². The van der Waals surface area contributed by atoms with Gasteiger partial charge < -0.3 is 16.2 Å². The van der Waals surface area contributed by atoms with Gasteiger partial charge in [0.25, 0.3) is 0 Å². The summed E-state index contributed by atoms with van der Waals surface area (Å²) in [5, 5.41) is 11.5. The van der Waals surface area contributed by atoms with Crippen LogP contribution in [0.1, 0.15) is 44.9 Å². The summed E-state index contributed by atoms with van der Waals surface area (Å²) in [5.74, 6) is -0.593. The molecule has 0 aliphatic carbocycles. The third-order valence-corrected chi connectivity index (χ3v) is 2.88. The molecule has 0 bridgehead atoms. The summed E-state index contributed by atoms with van der Waals surface area (Å²) < 4.78 is 0. The summed E-state index contributed by atoms with van der Waals surface area (Å²) in [6.45, 7) is 0.540. The fraction of sp³-hybridized carbons (Fsp3) is 0.833. The first kappa shape index (κ1) is 17.2. The number of carboxylic acid groups (broad SMARTS) is 1. The fourth-order valence-electron chi connectivity index (χ4n) is 1.57. The SMILES string of the molecule is NCCCC[C@H](NC(=O)CCCCCCl)C(=O)O. The van der Waals surface area contributed by atoms with Gasteiger partial charge in [-0.2, -0.15) is 0 Å². The Kier molecular flexibility index (Phi) is 10.8. The Morgan fingerprint density at radius 3 is 2.44 bits per heavy atom. The minimum Gasteiger partial charge on any atom is -0.480 e. The summed E-state index contributed by atoms with van der Waals surface area (Å²) in [4.78, 5) is 22.5. The first-order valence-electron chi connectivity index (χ1n) is 6.40. The van der Waals surface area contributed by atoms with Gasteiger partial charge in [-0.15, -0.1) is 11.6 Å². The summed E-state index contributed by atoms with van der Waals surface area (Å²) >= 11 is 5.53. The van der Waals surface area contributed by atoms with Crippen LogP contribution in [0.3, 0.4) is 0 Å². The minimum absolute atomic E-state index is 0.204. The maximum Gasteiger partial charge on any atom is 0.326 e. The molecule has 0 spiro atoms. The fourth-order valence-corrected chi connectivity index (χ4v) is 1.76. The van der Waals surface area contributed by atoms with Gasteiger partial charge in [0.2, 0.25) is 5.91 Å². The van der Waals surface area contributed by atoms with E-state index in [1.807, 2.05) is 0 Å². The number of carbonyl (C=O) groups is 2. The molecule has 0 fully saturated rings. The standard InChI is InChI=1S/C12H23ClN2O3/c13-8-4-1-2-7-11(16)15-10(12(17)18)6-3-5-9-14/h10H,1-9,14H2,(H,15,16)(H,17,18)/t10-/m0/s1. The van der Waals surface area contributed by atoms with Gasteiger partial charge in [0, 0.05) is 12.3 Å². The van der Waals surface area contributed by atoms with Crippen LogP contribution < -0.4 is 11.1 Å². The zero-order valence-electron chi connectivity index (χ0n) is 10.7. The molecule has 0 aliphatic heterocycles. The van der Waals surface area contributed by atoms with Crippen LogP contribution in [0.4, 0.5) is 0 Å². The Balaban J connectivity index is 3.85. The van der Waals surface area contributed by atoms with Crippen molar-refractivity contribution in [2.45, 2.75) is 51.0 Å². The molecule has 4 N–H and O–H groups in total. The van der Waals surface area contributed by atoms with E-state index >= 15 is 0 Å². The molecule has 6 heteroatoms. The maximum absolute atomic E-state index is 11.5. The van der Waals surface area contributed by atoms with Crippen LogP contribution in [-0.4, -0.2) is 35.4 Å². The van der Waals surface area contributed by atoms with E-state index in [1.165, 1.54) is 0 Å². The molecular weight excluding hydrogens is 256 g/mol. The van der Waals surface area contributed by atoms with Crippen molar-refractivity contribution in [3.63, 3.8) is 0 Å². The van der Waals surface area contributed by atoms with Crippen molar-refractivity contribution in [2.75, 3.05) is 12.4 Å². The minimum atomic E-state index is -0.985. The van der Waals surface area contributed by atoms with Crippen LogP contribution in [0, 0.1) is 0 Å². The highest BCUT2D eigenvalue weighted by molar-refractivity contribution is 6.17. The highest BCUT2D eigenvalue weighted by Gasteiger charge is 2.18. The molecule has 0 radical (unpaired) electrons. The number of alkyl halides is 1. The second-order valence-corrected chi connectivity index (χ2v) is 4.62. The number of hydrogen-bond acceptors (Lipinski definition) is 3. The predicted molar refractivity (Wildman–Crippen MR) is 71.7 cm³/mol. The van der Waals surface area contributed by atoms with E-state index in [9.17, 15) is 9.59 Å². The third-order valence-electron chi connectivity index (χ3n) is 2.62. The summed E-state index contributed by atoms with van der Waals surface area (Å²) in [7, 11) is 0. The first-order chi connectivity index (χ1) is 8.61. The van der Waals surface area contributed by atoms with E-state index in [0.29, 0.717) is 31.7 Å². The molecule has 0 rings (SSSR count). The molecule has 106 valence electrons. The van der Waals surface area contributed by atoms with Gasteiger partial charge in [0.15, 0.2) is 0 Å². The van der Waals surface area contributed by atoms with Gasteiger partial charge in [0.1, 0.15) is 6.04 Å². The van der Waals surface area contributed by atoms with E-state index in [1.54, 1.807) is 0 Å². The Labute approximate surface area is 113 Å². The van der Waals surface area contributed by atoms with Crippen molar-refractivity contribution in [1.82, 2.24) is 5.32 Å². The van der Waals surface area contributed by atoms with Crippen LogP contribution in [0.2, 0.25) is 0 Å². The van der Waals surface area contributed by atoms with Crippen LogP contribution in [0.25, 0.3) is 0 Å². The Hall–Kier alpha value is -0.810. The summed E-state index contributed by atoms with van der Waals surface area (Å²) in [5.41, 5.74) is 5.34. The summed E-state index contributed by atoms with van der Waals surface area (Å²) in [6.07, 6.45) is 4.79. The largest absolute Gasteiger partial charge is 0.480 e. The van der Waals surface area contributed by atoms with Gasteiger partial charge >= 0.3 is 5.97 Å². The van der Waals surface area contributed by atoms with Crippen LogP contribution >= 0.6 is 11.6 Å². The molecular formula is C12H23ClN2O3. The van der Waals surface area contributed by atoms with Crippen LogP contribution in [0.5, 0.6) is 0 Å². The molecule has 5 nitrogen and oxygen atoms in total. The number of halogens is 1. The monoisotopic (exact) mass is 278 g/mol. The number of aliphatic carboxylic acids is 1. The Bertz CT molecular complexity index is 249. The predicted octanol–water partition coefficient (Wildman–Crippen LogP) is 1.48. The van der Waals surface area contributed by atoms with Crippen molar-refractivity contribution in [1.29, 1.82) is 0 Å². The average molecular weight is 279 g/mol. The Morgan fingerprint density at radius 2 is 1.89 bits per heavy atom. The number of nitrogens with one attached hydrogen (secondary N) is 1. The van der Waals surface area contributed by atoms with Gasteiger partial charge in [-0.3, -0.25) is 4.79 Å². The van der Waals surface area contributed by atoms with Gasteiger partial charge in [-0.25, -0.2) is 4.79 Å². The molecule has 0 saturated carbocycles. The molecule has 0 heterocycles. The molecule has 0 saturated heterocycles. The van der Waals surface area contributed by atoms with Gasteiger partial charge in [0.05, 0.1) is 0 Å². The third kappa shape index (κ3) is 9.24. The number of hydrogen-bond donors (Lipinski definition) is 3. The number of carboxylic acids is 1. The summed E-state index contributed by atoms with van der Waals surface area (Å²) in [6, 6.07) is -0.794. The van der Waals surface area contributed by atoms with E-state index in [4.69, 9.17) is 22.4 Å². The van der Waals surface area contributed by atoms with E-state index in [0.717, 1.165) is 25.7 Å². The first-order valence-corrected chi connectivity index (χ1v) is 6.93. The van der Waals surface area contributed by atoms with E-state index < -0.39 is 12.0 Å². The molecule has 0 aliphatic rings. The lowest BCUT2D eigenvalue weighted by Crippen LogP contribution is -2.40. The van der Waals surface area contributed by atoms with Gasteiger partial charge in [-0.05, 0) is 38.6 Å². The molecule has 0 unspecified atom stereocenters. The smallest absolute Gasteiger partial charge is 0.326 e. The molecule has 0 aromatic carbocycles. The van der Waals surface area contributed by atoms with Crippen LogP contribution in [-0.2, 0) is 9.59 Å². The van der Waals surface area contributed by atoms with Crippen molar-refractivity contribution >= 4 is 23.5 Å². The topological polar surface area (TPSA) is 92.4 Å². The highest BCUT2D eigenvalue weighted by Crippen LogP contribution is 2.04. The zero-order valence-corrected chi connectivity index (χ0v) is 11.4. The number of nitrogens with two attached hydrogens (primary N) is 1. The lowest BCUT2D eigenvalue weighted by atomic mass is 10.1. The second-order valence-electron chi connectivity index (χ2n) is 4.24. The van der Waals surface area contributed by atoms with Crippen molar-refractivity contribution in [3.05, 3.63) is 0 Å². The number of rotatable bonds is 11. The van der Waals surface area contributed by atoms with Crippen molar-refractivity contribution in [3.8, 4) is 0 Å². The molecule has 18 heavy (non-hydrogen) atoms. The molecule has 1 atom stereocenters. The maximum atomic E-state index is 11.5. The van der Waals surface area contributed by atoms with Crippen molar-refractivity contribution in [2.24, 2.45) is 5.73 Å². The number of amides is 1. The lowest BCUT2D eigenvalue weighted by molar-refractivity contribution is -0.142. The second kappa shape index (κ2) is 11.3. The van der Waals surface area contributed by atoms with Crippen LogP contribution in [0.15, 0.2) is 0 Å². The van der Waals surface area contributed by atoms with E-state index in [-0.39, 0.29) is 5.91 Å². The van der Waals surface area contributed by atoms with Crippen molar-refractivity contribution < 1.29 is 14.7 Å². The number of unbranched alkanes of at least 4 members (excludes halogenated alkanes) is 3. The lowest BCUT2D eigenvalue weighted by Gasteiger charge is -2.14. The number of carbonyl (C=O) groups excluding carboxylic acids is 1. The normalized spacial score (nSPS) is 12.1. The molecule has 0 aromatic rings. The highest BCUT2D eigenvalue weighted by atomic mass is 35.5. The van der Waals surface area contributed by atoms with E-state index in [2.05, 4.69) is 5.32 Å². The zero-order chi connectivity index (χ0) is 13.8. The molecule has 1 amide bonds.